The maximum Gasteiger partial charge on any atom is 0.143 e. The van der Waals surface area contributed by atoms with Crippen LogP contribution in [0.4, 0.5) is 17.1 Å². The third kappa shape index (κ3) is 7.59. The summed E-state index contributed by atoms with van der Waals surface area (Å²) >= 11 is 0. The van der Waals surface area contributed by atoms with Gasteiger partial charge in [0.15, 0.2) is 0 Å². The van der Waals surface area contributed by atoms with Gasteiger partial charge >= 0.3 is 0 Å². The van der Waals surface area contributed by atoms with Gasteiger partial charge in [0.05, 0.1) is 16.4 Å². The second-order valence-electron chi connectivity index (χ2n) is 21.5. The molecule has 3 heteroatoms. The number of anilines is 3. The van der Waals surface area contributed by atoms with Crippen molar-refractivity contribution in [1.82, 2.24) is 4.57 Å². The van der Waals surface area contributed by atoms with Crippen LogP contribution in [0.1, 0.15) is 22.3 Å². The van der Waals surface area contributed by atoms with Gasteiger partial charge < -0.3 is 13.9 Å². The number of aromatic nitrogens is 1. The predicted molar refractivity (Wildman–Crippen MR) is 342 cm³/mol. The van der Waals surface area contributed by atoms with E-state index in [0.717, 1.165) is 72.5 Å². The minimum Gasteiger partial charge on any atom is -0.455 e. The van der Waals surface area contributed by atoms with Crippen molar-refractivity contribution in [3.63, 3.8) is 0 Å². The number of para-hydroxylation sites is 3. The number of hydrogen-bond donors (Lipinski definition) is 0. The van der Waals surface area contributed by atoms with Gasteiger partial charge in [-0.05, 0) is 151 Å². The Morgan fingerprint density at radius 3 is 1.39 bits per heavy atom. The first-order valence-corrected chi connectivity index (χ1v) is 28.2. The van der Waals surface area contributed by atoms with Crippen molar-refractivity contribution in [3.8, 4) is 61.3 Å². The Morgan fingerprint density at radius 1 is 0.280 bits per heavy atom. The molecule has 0 N–H and O–H groups in total. The lowest BCUT2D eigenvalue weighted by Crippen LogP contribution is -2.28. The monoisotopic (exact) mass is 1040 g/mol. The van der Waals surface area contributed by atoms with Crippen molar-refractivity contribution in [2.75, 3.05) is 4.90 Å². The molecule has 3 nitrogen and oxygen atoms in total. The molecular weight excluding hydrogens is 993 g/mol. The third-order valence-corrected chi connectivity index (χ3v) is 17.1. The predicted octanol–water partition coefficient (Wildman–Crippen LogP) is 21.2. The number of furan rings is 1. The summed E-state index contributed by atoms with van der Waals surface area (Å²) in [4.78, 5) is 2.35. The van der Waals surface area contributed by atoms with E-state index < -0.39 is 5.41 Å². The van der Waals surface area contributed by atoms with Crippen LogP contribution in [0.25, 0.3) is 105 Å². The maximum atomic E-state index is 6.92. The van der Waals surface area contributed by atoms with Crippen molar-refractivity contribution in [3.05, 3.63) is 338 Å². The zero-order valence-corrected chi connectivity index (χ0v) is 44.8. The molecule has 15 aromatic rings. The average Bonchev–Trinajstić information content (AvgIpc) is 4.06. The lowest BCUT2D eigenvalue weighted by atomic mass is 9.67. The smallest absolute Gasteiger partial charge is 0.143 e. The molecule has 1 aliphatic rings. The van der Waals surface area contributed by atoms with Crippen LogP contribution >= 0.6 is 0 Å². The van der Waals surface area contributed by atoms with Crippen molar-refractivity contribution in [1.29, 1.82) is 0 Å². The van der Waals surface area contributed by atoms with E-state index >= 15 is 0 Å². The van der Waals surface area contributed by atoms with Crippen molar-refractivity contribution < 1.29 is 4.42 Å². The Morgan fingerprint density at radius 2 is 0.732 bits per heavy atom. The highest BCUT2D eigenvalue weighted by atomic mass is 16.3. The van der Waals surface area contributed by atoms with Crippen LogP contribution in [-0.2, 0) is 5.41 Å². The number of nitrogens with zero attached hydrogens (tertiary/aromatic N) is 2. The molecule has 0 saturated heterocycles. The molecule has 82 heavy (non-hydrogen) atoms. The van der Waals surface area contributed by atoms with Gasteiger partial charge in [0.2, 0.25) is 0 Å². The third-order valence-electron chi connectivity index (χ3n) is 17.1. The molecule has 0 fully saturated rings. The van der Waals surface area contributed by atoms with Crippen LogP contribution in [-0.4, -0.2) is 4.57 Å². The molecule has 1 aliphatic carbocycles. The Kier molecular flexibility index (Phi) is 11.1. The maximum absolute atomic E-state index is 6.92. The van der Waals surface area contributed by atoms with E-state index in [0.29, 0.717) is 0 Å². The topological polar surface area (TPSA) is 21.3 Å². The van der Waals surface area contributed by atoms with Crippen LogP contribution < -0.4 is 4.90 Å². The van der Waals surface area contributed by atoms with Crippen molar-refractivity contribution in [2.24, 2.45) is 0 Å². The summed E-state index contributed by atoms with van der Waals surface area (Å²) < 4.78 is 9.29. The first kappa shape index (κ1) is 47.3. The zero-order valence-electron chi connectivity index (χ0n) is 44.8. The minimum atomic E-state index is -0.437. The van der Waals surface area contributed by atoms with E-state index in [1.54, 1.807) is 0 Å². The zero-order chi connectivity index (χ0) is 54.1. The molecule has 0 amide bonds. The molecule has 0 atom stereocenters. The fourth-order valence-electron chi connectivity index (χ4n) is 13.3. The van der Waals surface area contributed by atoms with Crippen molar-refractivity contribution >= 4 is 60.8 Å². The summed E-state index contributed by atoms with van der Waals surface area (Å²) in [6, 6.07) is 115. The summed E-state index contributed by atoms with van der Waals surface area (Å²) in [6.07, 6.45) is 0. The van der Waals surface area contributed by atoms with E-state index in [4.69, 9.17) is 4.42 Å². The van der Waals surface area contributed by atoms with E-state index in [2.05, 4.69) is 325 Å². The van der Waals surface area contributed by atoms with Crippen molar-refractivity contribution in [2.45, 2.75) is 5.41 Å². The second kappa shape index (κ2) is 19.3. The highest BCUT2D eigenvalue weighted by Gasteiger charge is 2.45. The number of benzene rings is 13. The van der Waals surface area contributed by atoms with E-state index in [1.165, 1.54) is 71.9 Å². The average molecular weight is 1050 g/mol. The first-order valence-electron chi connectivity index (χ1n) is 28.2. The van der Waals surface area contributed by atoms with Gasteiger partial charge in [-0.3, -0.25) is 0 Å². The van der Waals surface area contributed by atoms with E-state index in [9.17, 15) is 0 Å². The Bertz CT molecular complexity index is 4820. The van der Waals surface area contributed by atoms with E-state index in [-0.39, 0.29) is 0 Å². The normalized spacial score (nSPS) is 12.5. The fourth-order valence-corrected chi connectivity index (χ4v) is 13.3. The molecule has 0 saturated carbocycles. The summed E-state index contributed by atoms with van der Waals surface area (Å²) in [6.45, 7) is 0. The second-order valence-corrected chi connectivity index (χ2v) is 21.5. The Balaban J connectivity index is 0.731. The van der Waals surface area contributed by atoms with Gasteiger partial charge in [-0.2, -0.15) is 0 Å². The van der Waals surface area contributed by atoms with Gasteiger partial charge in [0.25, 0.3) is 0 Å². The van der Waals surface area contributed by atoms with Crippen LogP contribution in [0.3, 0.4) is 0 Å². The molecule has 0 spiro atoms. The highest BCUT2D eigenvalue weighted by molar-refractivity contribution is 6.11. The van der Waals surface area contributed by atoms with Gasteiger partial charge in [-0.25, -0.2) is 0 Å². The van der Waals surface area contributed by atoms with Crippen LogP contribution in [0.5, 0.6) is 0 Å². The van der Waals surface area contributed by atoms with Gasteiger partial charge in [0.1, 0.15) is 11.2 Å². The van der Waals surface area contributed by atoms with Gasteiger partial charge in [-0.1, -0.05) is 237 Å². The largest absolute Gasteiger partial charge is 0.455 e. The fraction of sp³-hybridized carbons (Fsp3) is 0.0127. The summed E-state index contributed by atoms with van der Waals surface area (Å²) in [5.41, 5.74) is 24.9. The minimum absolute atomic E-state index is 0.437. The molecule has 0 unspecified atom stereocenters. The van der Waals surface area contributed by atoms with Crippen LogP contribution in [0, 0.1) is 0 Å². The van der Waals surface area contributed by atoms with Crippen LogP contribution in [0.2, 0.25) is 0 Å². The molecule has 384 valence electrons. The van der Waals surface area contributed by atoms with Gasteiger partial charge in [0, 0.05) is 49.9 Å². The molecule has 13 aromatic carbocycles. The molecule has 0 bridgehead atoms. The Hall–Kier alpha value is -10.7. The summed E-state index contributed by atoms with van der Waals surface area (Å²) in [7, 11) is 0. The summed E-state index contributed by atoms with van der Waals surface area (Å²) in [5.74, 6) is 0. The molecule has 2 aromatic heterocycles. The SMILES string of the molecule is c1ccc(-c2ccc(N(c3ccc(-c4ccc5c(c4)c4ccccc4n5-c4ccccc4)cc3)c3ccc(-c4cccc5c4oc4cc(-c6ccc(C7(c8ccccc8)c8ccccc8-c8ccccc87)cc6)ccc45)cc3)cc2)cc1. The van der Waals surface area contributed by atoms with Gasteiger partial charge in [-0.15, -0.1) is 0 Å². The standard InChI is InChI=1S/C79H52N2O/c1-4-17-53(18-5-1)54-33-43-63(44-34-54)80(64-45-35-56(36-46-64)58-40-50-76-72(51-58)69-25-12-15-30-75(69)81(76)62-21-8-3-9-22-62)65-47-37-57(38-48-65)66-26-16-27-71-70-49-39-59(52-77(70)82-78(66)71)55-31-41-61(42-32-55)79(60-19-6-2-7-20-60)73-28-13-10-23-67(73)68-24-11-14-29-74(68)79/h1-52H. The van der Waals surface area contributed by atoms with Crippen LogP contribution in [0.15, 0.2) is 320 Å². The number of fused-ring (bicyclic) bond motifs is 9. The lowest BCUT2D eigenvalue weighted by Gasteiger charge is -2.34. The quantitative estimate of drug-likeness (QED) is 0.136. The molecular formula is C79H52N2O. The molecule has 0 aliphatic heterocycles. The van der Waals surface area contributed by atoms with E-state index in [1.807, 2.05) is 0 Å². The molecule has 2 heterocycles. The highest BCUT2D eigenvalue weighted by Crippen LogP contribution is 2.56. The lowest BCUT2D eigenvalue weighted by molar-refractivity contribution is 0.670. The number of hydrogen-bond acceptors (Lipinski definition) is 2. The Labute approximate surface area is 476 Å². The molecule has 16 rings (SSSR count). The first-order chi connectivity index (χ1) is 40.7. The number of rotatable bonds is 10. The molecule has 0 radical (unpaired) electrons. The summed E-state index contributed by atoms with van der Waals surface area (Å²) in [5, 5.41) is 4.68.